The van der Waals surface area contributed by atoms with Gasteiger partial charge < -0.3 is 5.32 Å². The van der Waals surface area contributed by atoms with Crippen molar-refractivity contribution in [3.05, 3.63) is 49.6 Å². The molecule has 0 fully saturated rings. The lowest BCUT2D eigenvalue weighted by Crippen LogP contribution is -2.22. The second-order valence-corrected chi connectivity index (χ2v) is 6.34. The first kappa shape index (κ1) is 15.1. The van der Waals surface area contributed by atoms with Crippen LogP contribution in [0.2, 0.25) is 0 Å². The Balaban J connectivity index is 2.06. The lowest BCUT2D eigenvalue weighted by molar-refractivity contribution is 0.0954. The molecule has 2 rings (SSSR count). The molecular formula is C14H14BrFN2OS. The highest BCUT2D eigenvalue weighted by Gasteiger charge is 2.14. The average molecular weight is 357 g/mol. The molecule has 1 aromatic heterocycles. The summed E-state index contributed by atoms with van der Waals surface area (Å²) in [6.45, 7) is 4.11. The molecule has 0 saturated carbocycles. The summed E-state index contributed by atoms with van der Waals surface area (Å²) in [5.41, 5.74) is 1.45. The standard InChI is InChI=1S/C14H14BrFN2OS/c1-3-12-18-8(2)13(20-12)14(19)17-7-9-4-10(15)6-11(16)5-9/h4-6H,3,7H2,1-2H3,(H,17,19). The highest BCUT2D eigenvalue weighted by atomic mass is 79.9. The summed E-state index contributed by atoms with van der Waals surface area (Å²) in [7, 11) is 0. The zero-order valence-corrected chi connectivity index (χ0v) is 13.6. The second kappa shape index (κ2) is 6.45. The van der Waals surface area contributed by atoms with Crippen molar-refractivity contribution in [3.63, 3.8) is 0 Å². The molecule has 20 heavy (non-hydrogen) atoms. The van der Waals surface area contributed by atoms with Crippen molar-refractivity contribution in [3.8, 4) is 0 Å². The first-order chi connectivity index (χ1) is 9.49. The Morgan fingerprint density at radius 3 is 2.80 bits per heavy atom. The maximum atomic E-state index is 13.2. The van der Waals surface area contributed by atoms with E-state index in [9.17, 15) is 9.18 Å². The number of hydrogen-bond donors (Lipinski definition) is 1. The number of nitrogens with zero attached hydrogens (tertiary/aromatic N) is 1. The minimum atomic E-state index is -0.328. The Kier molecular flexibility index (Phi) is 4.88. The van der Waals surface area contributed by atoms with E-state index in [1.807, 2.05) is 13.8 Å². The molecule has 1 amide bonds. The fourth-order valence-electron chi connectivity index (χ4n) is 1.79. The van der Waals surface area contributed by atoms with Crippen molar-refractivity contribution < 1.29 is 9.18 Å². The smallest absolute Gasteiger partial charge is 0.263 e. The summed E-state index contributed by atoms with van der Waals surface area (Å²) in [6.07, 6.45) is 0.815. The van der Waals surface area contributed by atoms with E-state index in [4.69, 9.17) is 0 Å². The summed E-state index contributed by atoms with van der Waals surface area (Å²) in [4.78, 5) is 17.0. The molecule has 0 saturated heterocycles. The molecular weight excluding hydrogens is 343 g/mol. The number of halogens is 2. The van der Waals surface area contributed by atoms with E-state index in [-0.39, 0.29) is 18.3 Å². The molecule has 0 aliphatic carbocycles. The largest absolute Gasteiger partial charge is 0.347 e. The number of carbonyl (C=O) groups is 1. The van der Waals surface area contributed by atoms with E-state index in [2.05, 4.69) is 26.2 Å². The molecule has 0 bridgehead atoms. The minimum Gasteiger partial charge on any atom is -0.347 e. The lowest BCUT2D eigenvalue weighted by Gasteiger charge is -2.05. The zero-order chi connectivity index (χ0) is 14.7. The SMILES string of the molecule is CCc1nc(C)c(C(=O)NCc2cc(F)cc(Br)c2)s1. The van der Waals surface area contributed by atoms with E-state index in [0.717, 1.165) is 17.1 Å². The fourth-order valence-corrected chi connectivity index (χ4v) is 3.22. The molecule has 0 aliphatic rings. The van der Waals surface area contributed by atoms with Crippen LogP contribution in [0, 0.1) is 12.7 Å². The van der Waals surface area contributed by atoms with Crippen LogP contribution in [0.3, 0.4) is 0 Å². The van der Waals surface area contributed by atoms with Crippen LogP contribution in [0.5, 0.6) is 0 Å². The number of aryl methyl sites for hydroxylation is 2. The molecule has 0 aliphatic heterocycles. The van der Waals surface area contributed by atoms with Crippen LogP contribution in [-0.2, 0) is 13.0 Å². The van der Waals surface area contributed by atoms with Gasteiger partial charge in [-0.05, 0) is 37.1 Å². The summed E-state index contributed by atoms with van der Waals surface area (Å²) in [5.74, 6) is -0.494. The number of carbonyl (C=O) groups excluding carboxylic acids is 1. The maximum Gasteiger partial charge on any atom is 0.263 e. The Morgan fingerprint density at radius 2 is 2.20 bits per heavy atom. The van der Waals surface area contributed by atoms with E-state index >= 15 is 0 Å². The van der Waals surface area contributed by atoms with Crippen LogP contribution in [-0.4, -0.2) is 10.9 Å². The predicted octanol–water partition coefficient (Wildman–Crippen LogP) is 3.85. The fraction of sp³-hybridized carbons (Fsp3) is 0.286. The zero-order valence-electron chi connectivity index (χ0n) is 11.2. The molecule has 0 atom stereocenters. The highest BCUT2D eigenvalue weighted by Crippen LogP contribution is 2.19. The van der Waals surface area contributed by atoms with Gasteiger partial charge in [0.15, 0.2) is 0 Å². The average Bonchev–Trinajstić information content (AvgIpc) is 2.76. The van der Waals surface area contributed by atoms with E-state index < -0.39 is 0 Å². The van der Waals surface area contributed by atoms with Crippen LogP contribution in [0.25, 0.3) is 0 Å². The van der Waals surface area contributed by atoms with Crippen LogP contribution < -0.4 is 5.32 Å². The lowest BCUT2D eigenvalue weighted by atomic mass is 10.2. The Morgan fingerprint density at radius 1 is 1.45 bits per heavy atom. The normalized spacial score (nSPS) is 10.6. The van der Waals surface area contributed by atoms with Crippen molar-refractivity contribution in [2.45, 2.75) is 26.8 Å². The van der Waals surface area contributed by atoms with Gasteiger partial charge in [0.25, 0.3) is 5.91 Å². The quantitative estimate of drug-likeness (QED) is 0.903. The highest BCUT2D eigenvalue weighted by molar-refractivity contribution is 9.10. The molecule has 2 aromatic rings. The van der Waals surface area contributed by atoms with Gasteiger partial charge in [0.1, 0.15) is 10.7 Å². The number of thiazole rings is 1. The molecule has 3 nitrogen and oxygen atoms in total. The molecule has 1 heterocycles. The van der Waals surface area contributed by atoms with Crippen molar-refractivity contribution in [1.29, 1.82) is 0 Å². The Labute approximate surface area is 129 Å². The van der Waals surface area contributed by atoms with Crippen molar-refractivity contribution in [1.82, 2.24) is 10.3 Å². The van der Waals surface area contributed by atoms with Gasteiger partial charge in [0, 0.05) is 11.0 Å². The summed E-state index contributed by atoms with van der Waals surface area (Å²) in [6, 6.07) is 4.56. The number of benzene rings is 1. The molecule has 6 heteroatoms. The van der Waals surface area contributed by atoms with Gasteiger partial charge in [-0.25, -0.2) is 9.37 Å². The molecule has 1 N–H and O–H groups in total. The third kappa shape index (κ3) is 3.64. The van der Waals surface area contributed by atoms with Crippen LogP contribution in [0.4, 0.5) is 4.39 Å². The first-order valence-electron chi connectivity index (χ1n) is 6.19. The first-order valence-corrected chi connectivity index (χ1v) is 7.80. The maximum absolute atomic E-state index is 13.2. The summed E-state index contributed by atoms with van der Waals surface area (Å²) < 4.78 is 13.9. The Hall–Kier alpha value is -1.27. The predicted molar refractivity (Wildman–Crippen MR) is 81.5 cm³/mol. The van der Waals surface area contributed by atoms with Gasteiger partial charge in [0.05, 0.1) is 10.7 Å². The van der Waals surface area contributed by atoms with E-state index in [1.54, 1.807) is 6.07 Å². The van der Waals surface area contributed by atoms with Crippen LogP contribution in [0.15, 0.2) is 22.7 Å². The van der Waals surface area contributed by atoms with Gasteiger partial charge in [-0.3, -0.25) is 4.79 Å². The topological polar surface area (TPSA) is 42.0 Å². The minimum absolute atomic E-state index is 0.167. The molecule has 0 radical (unpaired) electrons. The number of hydrogen-bond acceptors (Lipinski definition) is 3. The monoisotopic (exact) mass is 356 g/mol. The van der Waals surface area contributed by atoms with Crippen LogP contribution >= 0.6 is 27.3 Å². The van der Waals surface area contributed by atoms with Gasteiger partial charge >= 0.3 is 0 Å². The molecule has 1 aromatic carbocycles. The van der Waals surface area contributed by atoms with Gasteiger partial charge in [-0.2, -0.15) is 0 Å². The number of nitrogens with one attached hydrogen (secondary N) is 1. The third-order valence-electron chi connectivity index (χ3n) is 2.72. The van der Waals surface area contributed by atoms with Gasteiger partial charge in [-0.1, -0.05) is 22.9 Å². The Bertz CT molecular complexity index is 622. The van der Waals surface area contributed by atoms with Crippen LogP contribution in [0.1, 0.15) is 32.9 Å². The van der Waals surface area contributed by atoms with Crippen molar-refractivity contribution >= 4 is 33.2 Å². The molecule has 106 valence electrons. The molecule has 0 unspecified atom stereocenters. The summed E-state index contributed by atoms with van der Waals surface area (Å²) >= 11 is 4.63. The van der Waals surface area contributed by atoms with Crippen molar-refractivity contribution in [2.24, 2.45) is 0 Å². The summed E-state index contributed by atoms with van der Waals surface area (Å²) in [5, 5.41) is 3.74. The number of rotatable bonds is 4. The van der Waals surface area contributed by atoms with Gasteiger partial charge in [-0.15, -0.1) is 11.3 Å². The second-order valence-electron chi connectivity index (χ2n) is 4.34. The van der Waals surface area contributed by atoms with E-state index in [0.29, 0.717) is 14.9 Å². The third-order valence-corrected chi connectivity index (χ3v) is 4.48. The van der Waals surface area contributed by atoms with E-state index in [1.165, 1.54) is 23.5 Å². The van der Waals surface area contributed by atoms with Gasteiger partial charge in [0.2, 0.25) is 0 Å². The number of amides is 1. The molecule has 0 spiro atoms. The number of aromatic nitrogens is 1. The van der Waals surface area contributed by atoms with Crippen molar-refractivity contribution in [2.75, 3.05) is 0 Å².